The molecule has 1 N–H and O–H groups in total. The van der Waals surface area contributed by atoms with Crippen LogP contribution in [0.4, 0.5) is 5.69 Å². The van der Waals surface area contributed by atoms with Crippen molar-refractivity contribution in [1.82, 2.24) is 0 Å². The maximum Gasteiger partial charge on any atom is 0.349 e. The molecule has 0 saturated carbocycles. The third kappa shape index (κ3) is 3.61. The Bertz CT molecular complexity index is 435. The molecule has 2 atom stereocenters. The summed E-state index contributed by atoms with van der Waals surface area (Å²) in [7, 11) is 0. The number of nitrogens with one attached hydrogen (secondary N) is 1. The Kier molecular flexibility index (Phi) is 4.63. The maximum atomic E-state index is 11.9. The molecule has 104 valence electrons. The first-order chi connectivity index (χ1) is 9.20. The Morgan fingerprint density at radius 1 is 1.53 bits per heavy atom. The number of ether oxygens (including phenoxy) is 3. The lowest BCUT2D eigenvalue weighted by Gasteiger charge is -2.26. The average molecular weight is 265 g/mol. The molecule has 2 rings (SSSR count). The molecule has 5 nitrogen and oxygen atoms in total. The van der Waals surface area contributed by atoms with Crippen LogP contribution in [0.1, 0.15) is 13.8 Å². The number of hydrogen-bond acceptors (Lipinski definition) is 5. The summed E-state index contributed by atoms with van der Waals surface area (Å²) in [6, 6.07) is 7.52. The van der Waals surface area contributed by atoms with Crippen LogP contribution in [-0.2, 0) is 14.3 Å². The Hall–Kier alpha value is -1.75. The fourth-order valence-corrected chi connectivity index (χ4v) is 1.84. The van der Waals surface area contributed by atoms with Gasteiger partial charge in [0.15, 0.2) is 0 Å². The van der Waals surface area contributed by atoms with E-state index in [1.54, 1.807) is 6.92 Å². The topological polar surface area (TPSA) is 56.8 Å². The number of para-hydroxylation sites is 2. The zero-order chi connectivity index (χ0) is 13.7. The summed E-state index contributed by atoms with van der Waals surface area (Å²) >= 11 is 0. The molecule has 0 amide bonds. The quantitative estimate of drug-likeness (QED) is 0.823. The van der Waals surface area contributed by atoms with Gasteiger partial charge in [-0.15, -0.1) is 0 Å². The fraction of sp³-hybridized carbons (Fsp3) is 0.500. The number of carbonyl (C=O) groups is 1. The van der Waals surface area contributed by atoms with Crippen LogP contribution in [0.25, 0.3) is 0 Å². The first-order valence-corrected chi connectivity index (χ1v) is 6.48. The van der Waals surface area contributed by atoms with Crippen molar-refractivity contribution >= 4 is 11.7 Å². The van der Waals surface area contributed by atoms with E-state index in [4.69, 9.17) is 14.2 Å². The first-order valence-electron chi connectivity index (χ1n) is 6.48. The highest BCUT2D eigenvalue weighted by Gasteiger charge is 2.28. The number of anilines is 1. The van der Waals surface area contributed by atoms with Gasteiger partial charge in [0.25, 0.3) is 0 Å². The predicted octanol–water partition coefficient (Wildman–Crippen LogP) is 1.83. The SMILES string of the molecule is CCOCC(C)OC(=O)C1CNc2ccccc2O1. The van der Waals surface area contributed by atoms with Gasteiger partial charge < -0.3 is 19.5 Å². The highest BCUT2D eigenvalue weighted by Crippen LogP contribution is 2.28. The molecule has 1 aliphatic rings. The van der Waals surface area contributed by atoms with E-state index in [1.165, 1.54) is 0 Å². The van der Waals surface area contributed by atoms with Gasteiger partial charge in [0.1, 0.15) is 11.9 Å². The second-order valence-electron chi connectivity index (χ2n) is 4.39. The number of fused-ring (bicyclic) bond motifs is 1. The van der Waals surface area contributed by atoms with Gasteiger partial charge in [-0.1, -0.05) is 12.1 Å². The molecular weight excluding hydrogens is 246 g/mol. The number of carbonyl (C=O) groups excluding carboxylic acids is 1. The molecule has 0 spiro atoms. The number of esters is 1. The molecule has 0 saturated heterocycles. The minimum atomic E-state index is -0.612. The van der Waals surface area contributed by atoms with E-state index in [0.29, 0.717) is 25.5 Å². The highest BCUT2D eigenvalue weighted by molar-refractivity contribution is 5.77. The monoisotopic (exact) mass is 265 g/mol. The van der Waals surface area contributed by atoms with Crippen LogP contribution in [-0.4, -0.2) is 37.9 Å². The van der Waals surface area contributed by atoms with Gasteiger partial charge in [-0.2, -0.15) is 0 Å². The number of rotatable bonds is 5. The van der Waals surface area contributed by atoms with Crippen molar-refractivity contribution in [2.45, 2.75) is 26.1 Å². The van der Waals surface area contributed by atoms with Crippen molar-refractivity contribution in [2.24, 2.45) is 0 Å². The highest BCUT2D eigenvalue weighted by atomic mass is 16.6. The fourth-order valence-electron chi connectivity index (χ4n) is 1.84. The largest absolute Gasteiger partial charge is 0.475 e. The van der Waals surface area contributed by atoms with Crippen LogP contribution in [0.3, 0.4) is 0 Å². The van der Waals surface area contributed by atoms with Crippen molar-refractivity contribution < 1.29 is 19.0 Å². The standard InChI is InChI=1S/C14H19NO4/c1-3-17-9-10(2)18-14(16)13-8-15-11-6-4-5-7-12(11)19-13/h4-7,10,13,15H,3,8-9H2,1-2H3. The van der Waals surface area contributed by atoms with Crippen LogP contribution in [0, 0.1) is 0 Å². The molecular formula is C14H19NO4. The van der Waals surface area contributed by atoms with Crippen LogP contribution >= 0.6 is 0 Å². The minimum Gasteiger partial charge on any atom is -0.475 e. The summed E-state index contributed by atoms with van der Waals surface area (Å²) in [5, 5.41) is 3.15. The first kappa shape index (κ1) is 13.7. The summed E-state index contributed by atoms with van der Waals surface area (Å²) in [6.45, 7) is 5.13. The molecule has 1 aromatic rings. The Morgan fingerprint density at radius 3 is 3.11 bits per heavy atom. The molecule has 0 bridgehead atoms. The normalized spacial score (nSPS) is 18.7. The molecule has 1 heterocycles. The zero-order valence-electron chi connectivity index (χ0n) is 11.2. The molecule has 0 aromatic heterocycles. The average Bonchev–Trinajstić information content (AvgIpc) is 2.44. The van der Waals surface area contributed by atoms with Crippen LogP contribution in [0.15, 0.2) is 24.3 Å². The van der Waals surface area contributed by atoms with E-state index in [1.807, 2.05) is 31.2 Å². The zero-order valence-corrected chi connectivity index (χ0v) is 11.2. The third-order valence-corrected chi connectivity index (χ3v) is 2.77. The van der Waals surface area contributed by atoms with Crippen molar-refractivity contribution in [1.29, 1.82) is 0 Å². The maximum absolute atomic E-state index is 11.9. The number of benzene rings is 1. The summed E-state index contributed by atoms with van der Waals surface area (Å²) in [5.41, 5.74) is 0.897. The predicted molar refractivity (Wildman–Crippen MR) is 71.4 cm³/mol. The molecule has 0 radical (unpaired) electrons. The molecule has 19 heavy (non-hydrogen) atoms. The molecule has 5 heteroatoms. The second kappa shape index (κ2) is 6.43. The van der Waals surface area contributed by atoms with E-state index in [2.05, 4.69) is 5.32 Å². The van der Waals surface area contributed by atoms with Crippen molar-refractivity contribution in [2.75, 3.05) is 25.1 Å². The van der Waals surface area contributed by atoms with E-state index in [9.17, 15) is 4.79 Å². The Balaban J connectivity index is 1.88. The summed E-state index contributed by atoms with van der Waals surface area (Å²) < 4.78 is 16.1. The molecule has 2 unspecified atom stereocenters. The van der Waals surface area contributed by atoms with Gasteiger partial charge in [0.05, 0.1) is 18.8 Å². The summed E-state index contributed by atoms with van der Waals surface area (Å²) in [4.78, 5) is 11.9. The third-order valence-electron chi connectivity index (χ3n) is 2.77. The van der Waals surface area contributed by atoms with Crippen molar-refractivity contribution in [3.8, 4) is 5.75 Å². The lowest BCUT2D eigenvalue weighted by molar-refractivity contribution is -0.158. The van der Waals surface area contributed by atoms with Gasteiger partial charge in [-0.3, -0.25) is 0 Å². The van der Waals surface area contributed by atoms with E-state index < -0.39 is 6.10 Å². The summed E-state index contributed by atoms with van der Waals surface area (Å²) in [6.07, 6.45) is -0.882. The van der Waals surface area contributed by atoms with Gasteiger partial charge in [0, 0.05) is 6.61 Å². The molecule has 0 fully saturated rings. The van der Waals surface area contributed by atoms with Crippen LogP contribution < -0.4 is 10.1 Å². The molecule has 1 aliphatic heterocycles. The Morgan fingerprint density at radius 2 is 2.32 bits per heavy atom. The van der Waals surface area contributed by atoms with Crippen molar-refractivity contribution in [3.63, 3.8) is 0 Å². The van der Waals surface area contributed by atoms with E-state index in [0.717, 1.165) is 5.69 Å². The minimum absolute atomic E-state index is 0.270. The van der Waals surface area contributed by atoms with Gasteiger partial charge in [-0.05, 0) is 26.0 Å². The van der Waals surface area contributed by atoms with Crippen LogP contribution in [0.2, 0.25) is 0 Å². The number of hydrogen-bond donors (Lipinski definition) is 1. The van der Waals surface area contributed by atoms with E-state index in [-0.39, 0.29) is 12.1 Å². The smallest absolute Gasteiger partial charge is 0.349 e. The van der Waals surface area contributed by atoms with Crippen LogP contribution in [0.5, 0.6) is 5.75 Å². The lowest BCUT2D eigenvalue weighted by Crippen LogP contribution is -2.40. The lowest BCUT2D eigenvalue weighted by atomic mass is 10.2. The van der Waals surface area contributed by atoms with E-state index >= 15 is 0 Å². The Labute approximate surface area is 112 Å². The van der Waals surface area contributed by atoms with Gasteiger partial charge in [-0.25, -0.2) is 4.79 Å². The van der Waals surface area contributed by atoms with Gasteiger partial charge in [0.2, 0.25) is 6.10 Å². The second-order valence-corrected chi connectivity index (χ2v) is 4.39. The summed E-state index contributed by atoms with van der Waals surface area (Å²) in [5.74, 6) is 0.308. The van der Waals surface area contributed by atoms with Crippen molar-refractivity contribution in [3.05, 3.63) is 24.3 Å². The van der Waals surface area contributed by atoms with Gasteiger partial charge >= 0.3 is 5.97 Å². The molecule has 1 aromatic carbocycles. The molecule has 0 aliphatic carbocycles.